The molecule has 6 heteroatoms. The maximum absolute atomic E-state index is 11.8. The number of hydrogen-bond acceptors (Lipinski definition) is 5. The molecule has 120 valence electrons. The maximum Gasteiger partial charge on any atom is 0.315 e. The van der Waals surface area contributed by atoms with Gasteiger partial charge in [0.15, 0.2) is 0 Å². The highest BCUT2D eigenvalue weighted by atomic mass is 16.5. The standard InChI is InChI=1S/C15H26N2O4/c1-3-21-15(19)10-14(18)16-11-8-12-4-5-13(9-11)17(12)6-7-20-2/h11-13H,3-10H2,1-2H3,(H,16,18). The van der Waals surface area contributed by atoms with E-state index in [0.29, 0.717) is 18.7 Å². The van der Waals surface area contributed by atoms with Crippen LogP contribution in [0, 0.1) is 0 Å². The number of carbonyl (C=O) groups is 2. The molecule has 0 saturated carbocycles. The number of ether oxygens (including phenoxy) is 2. The third kappa shape index (κ3) is 4.41. The number of carbonyl (C=O) groups excluding carboxylic acids is 2. The highest BCUT2D eigenvalue weighted by Crippen LogP contribution is 2.35. The van der Waals surface area contributed by atoms with Crippen molar-refractivity contribution >= 4 is 11.9 Å². The molecule has 2 bridgehead atoms. The fraction of sp³-hybridized carbons (Fsp3) is 0.867. The summed E-state index contributed by atoms with van der Waals surface area (Å²) in [6.07, 6.45) is 4.15. The Kier molecular flexibility index (Phi) is 5.99. The van der Waals surface area contributed by atoms with Crippen LogP contribution in [-0.2, 0) is 19.1 Å². The van der Waals surface area contributed by atoms with Gasteiger partial charge < -0.3 is 14.8 Å². The Bertz CT molecular complexity index is 361. The summed E-state index contributed by atoms with van der Waals surface area (Å²) < 4.78 is 9.96. The SMILES string of the molecule is CCOC(=O)CC(=O)NC1CC2CCC(C1)N2CCOC. The van der Waals surface area contributed by atoms with Crippen LogP contribution < -0.4 is 5.32 Å². The Morgan fingerprint density at radius 3 is 2.48 bits per heavy atom. The summed E-state index contributed by atoms with van der Waals surface area (Å²) in [4.78, 5) is 25.7. The summed E-state index contributed by atoms with van der Waals surface area (Å²) in [6, 6.07) is 1.25. The summed E-state index contributed by atoms with van der Waals surface area (Å²) in [5.74, 6) is -0.668. The lowest BCUT2D eigenvalue weighted by molar-refractivity contribution is -0.146. The third-order valence-electron chi connectivity index (χ3n) is 4.41. The van der Waals surface area contributed by atoms with Gasteiger partial charge in [-0.3, -0.25) is 14.5 Å². The minimum Gasteiger partial charge on any atom is -0.466 e. The molecular weight excluding hydrogens is 272 g/mol. The van der Waals surface area contributed by atoms with E-state index in [-0.39, 0.29) is 18.4 Å². The fourth-order valence-corrected chi connectivity index (χ4v) is 3.58. The van der Waals surface area contributed by atoms with Crippen LogP contribution in [0.5, 0.6) is 0 Å². The van der Waals surface area contributed by atoms with Crippen LogP contribution in [0.25, 0.3) is 0 Å². The zero-order chi connectivity index (χ0) is 15.2. The van der Waals surface area contributed by atoms with Gasteiger partial charge in [0.1, 0.15) is 6.42 Å². The molecular formula is C15H26N2O4. The molecule has 2 aliphatic heterocycles. The van der Waals surface area contributed by atoms with Gasteiger partial charge in [0, 0.05) is 31.8 Å². The zero-order valence-corrected chi connectivity index (χ0v) is 13.0. The number of esters is 1. The molecule has 2 aliphatic rings. The average molecular weight is 298 g/mol. The molecule has 0 aromatic heterocycles. The van der Waals surface area contributed by atoms with E-state index in [0.717, 1.165) is 26.0 Å². The summed E-state index contributed by atoms with van der Waals surface area (Å²) in [6.45, 7) is 3.78. The predicted molar refractivity (Wildman–Crippen MR) is 77.8 cm³/mol. The molecule has 2 unspecified atom stereocenters. The first-order valence-corrected chi connectivity index (χ1v) is 7.83. The first kappa shape index (κ1) is 16.2. The van der Waals surface area contributed by atoms with Crippen molar-refractivity contribution in [1.29, 1.82) is 0 Å². The number of rotatable bonds is 7. The molecule has 6 nitrogen and oxygen atoms in total. The second kappa shape index (κ2) is 7.75. The minimum absolute atomic E-state index is 0.174. The predicted octanol–water partition coefficient (Wildman–Crippen LogP) is 0.698. The molecule has 1 N–H and O–H groups in total. The Labute approximate surface area is 126 Å². The summed E-state index contributed by atoms with van der Waals surface area (Å²) in [5, 5.41) is 2.99. The molecule has 0 aromatic carbocycles. The van der Waals surface area contributed by atoms with Crippen molar-refractivity contribution in [3.63, 3.8) is 0 Å². The lowest BCUT2D eigenvalue weighted by Gasteiger charge is -2.39. The molecule has 0 aromatic rings. The van der Waals surface area contributed by atoms with E-state index >= 15 is 0 Å². The highest BCUT2D eigenvalue weighted by Gasteiger charge is 2.40. The van der Waals surface area contributed by atoms with Crippen molar-refractivity contribution < 1.29 is 19.1 Å². The van der Waals surface area contributed by atoms with Gasteiger partial charge in [0.05, 0.1) is 13.2 Å². The molecule has 2 rings (SSSR count). The molecule has 0 aliphatic carbocycles. The van der Waals surface area contributed by atoms with E-state index in [1.807, 2.05) is 0 Å². The van der Waals surface area contributed by atoms with Crippen LogP contribution in [0.4, 0.5) is 0 Å². The van der Waals surface area contributed by atoms with Gasteiger partial charge in [-0.25, -0.2) is 0 Å². The lowest BCUT2D eigenvalue weighted by atomic mass is 9.97. The van der Waals surface area contributed by atoms with E-state index < -0.39 is 5.97 Å². The van der Waals surface area contributed by atoms with Crippen molar-refractivity contribution in [2.45, 2.75) is 57.2 Å². The Morgan fingerprint density at radius 1 is 1.24 bits per heavy atom. The van der Waals surface area contributed by atoms with Crippen molar-refractivity contribution in [2.75, 3.05) is 26.9 Å². The minimum atomic E-state index is -0.449. The van der Waals surface area contributed by atoms with Crippen LogP contribution in [0.2, 0.25) is 0 Å². The van der Waals surface area contributed by atoms with Gasteiger partial charge >= 0.3 is 5.97 Å². The van der Waals surface area contributed by atoms with E-state index in [1.165, 1.54) is 12.8 Å². The van der Waals surface area contributed by atoms with Crippen LogP contribution in [-0.4, -0.2) is 61.8 Å². The summed E-state index contributed by atoms with van der Waals surface area (Å²) >= 11 is 0. The third-order valence-corrected chi connectivity index (χ3v) is 4.41. The van der Waals surface area contributed by atoms with E-state index in [4.69, 9.17) is 9.47 Å². The molecule has 0 spiro atoms. The van der Waals surface area contributed by atoms with Gasteiger partial charge in [0.2, 0.25) is 5.91 Å². The maximum atomic E-state index is 11.8. The number of piperidine rings is 1. The second-order valence-corrected chi connectivity index (χ2v) is 5.83. The Balaban J connectivity index is 1.77. The summed E-state index contributed by atoms with van der Waals surface area (Å²) in [7, 11) is 1.73. The van der Waals surface area contributed by atoms with E-state index in [2.05, 4.69) is 10.2 Å². The number of hydrogen-bond donors (Lipinski definition) is 1. The molecule has 1 amide bonds. The number of fused-ring (bicyclic) bond motifs is 2. The topological polar surface area (TPSA) is 67.9 Å². The van der Waals surface area contributed by atoms with Gasteiger partial charge in [-0.2, -0.15) is 0 Å². The quantitative estimate of drug-likeness (QED) is 0.553. The van der Waals surface area contributed by atoms with E-state index in [1.54, 1.807) is 14.0 Å². The molecule has 2 saturated heterocycles. The fourth-order valence-electron chi connectivity index (χ4n) is 3.58. The molecule has 21 heavy (non-hydrogen) atoms. The average Bonchev–Trinajstić information content (AvgIpc) is 2.66. The lowest BCUT2D eigenvalue weighted by Crippen LogP contribution is -2.51. The van der Waals surface area contributed by atoms with Crippen molar-refractivity contribution in [3.8, 4) is 0 Å². The van der Waals surface area contributed by atoms with Crippen molar-refractivity contribution in [1.82, 2.24) is 10.2 Å². The molecule has 0 radical (unpaired) electrons. The normalized spacial score (nSPS) is 28.4. The van der Waals surface area contributed by atoms with Crippen molar-refractivity contribution in [3.05, 3.63) is 0 Å². The van der Waals surface area contributed by atoms with Crippen LogP contribution >= 0.6 is 0 Å². The van der Waals surface area contributed by atoms with Gasteiger partial charge in [-0.1, -0.05) is 0 Å². The second-order valence-electron chi connectivity index (χ2n) is 5.83. The first-order valence-electron chi connectivity index (χ1n) is 7.83. The molecule has 2 heterocycles. The van der Waals surface area contributed by atoms with Gasteiger partial charge in [-0.15, -0.1) is 0 Å². The van der Waals surface area contributed by atoms with Crippen LogP contribution in [0.15, 0.2) is 0 Å². The van der Waals surface area contributed by atoms with E-state index in [9.17, 15) is 9.59 Å². The Morgan fingerprint density at radius 2 is 1.90 bits per heavy atom. The van der Waals surface area contributed by atoms with Crippen LogP contribution in [0.3, 0.4) is 0 Å². The zero-order valence-electron chi connectivity index (χ0n) is 13.0. The van der Waals surface area contributed by atoms with Crippen LogP contribution in [0.1, 0.15) is 39.0 Å². The number of methoxy groups -OCH3 is 1. The first-order chi connectivity index (χ1) is 10.1. The Hall–Kier alpha value is -1.14. The summed E-state index contributed by atoms with van der Waals surface area (Å²) in [5.41, 5.74) is 0. The number of nitrogens with one attached hydrogen (secondary N) is 1. The smallest absolute Gasteiger partial charge is 0.315 e. The number of nitrogens with zero attached hydrogens (tertiary/aromatic N) is 1. The molecule has 2 atom stereocenters. The number of amides is 1. The largest absolute Gasteiger partial charge is 0.466 e. The molecule has 2 fully saturated rings. The van der Waals surface area contributed by atoms with Gasteiger partial charge in [0.25, 0.3) is 0 Å². The van der Waals surface area contributed by atoms with Crippen molar-refractivity contribution in [2.24, 2.45) is 0 Å². The highest BCUT2D eigenvalue weighted by molar-refractivity contribution is 5.94. The monoisotopic (exact) mass is 298 g/mol. The van der Waals surface area contributed by atoms with Gasteiger partial charge in [-0.05, 0) is 32.6 Å².